The number of hydrogen-bond acceptors (Lipinski definition) is 4. The molecular weight excluding hydrogens is 172 g/mol. The molecule has 1 aliphatic rings. The first kappa shape index (κ1) is 10.9. The van der Waals surface area contributed by atoms with Gasteiger partial charge < -0.3 is 18.9 Å². The van der Waals surface area contributed by atoms with Crippen molar-refractivity contribution < 1.29 is 18.9 Å². The topological polar surface area (TPSA) is 36.9 Å². The zero-order valence-electron chi connectivity index (χ0n) is 8.54. The van der Waals surface area contributed by atoms with Gasteiger partial charge in [-0.2, -0.15) is 0 Å². The van der Waals surface area contributed by atoms with Crippen LogP contribution in [0, 0.1) is 5.92 Å². The molecule has 0 N–H and O–H groups in total. The normalized spacial score (nSPS) is 20.5. The van der Waals surface area contributed by atoms with E-state index in [1.807, 2.05) is 0 Å². The Labute approximate surface area is 79.1 Å². The number of ether oxygens (including phenoxy) is 4. The molecule has 0 saturated carbocycles. The fraction of sp³-hybridized carbons (Fsp3) is 1.00. The summed E-state index contributed by atoms with van der Waals surface area (Å²) in [5.74, 6) is -0.634. The van der Waals surface area contributed by atoms with E-state index in [0.29, 0.717) is 0 Å². The minimum atomic E-state index is -0.885. The molecule has 1 aliphatic heterocycles. The van der Waals surface area contributed by atoms with Gasteiger partial charge in [-0.05, 0) is 12.8 Å². The summed E-state index contributed by atoms with van der Waals surface area (Å²) >= 11 is 0. The van der Waals surface area contributed by atoms with Gasteiger partial charge in [0.15, 0.2) is 0 Å². The van der Waals surface area contributed by atoms with Gasteiger partial charge in [0, 0.05) is 40.5 Å². The molecule has 1 fully saturated rings. The molecule has 0 bridgehead atoms. The molecule has 0 aromatic carbocycles. The molecule has 1 heterocycles. The van der Waals surface area contributed by atoms with Gasteiger partial charge in [-0.1, -0.05) is 0 Å². The molecule has 0 unspecified atom stereocenters. The second-order valence-electron chi connectivity index (χ2n) is 3.10. The molecule has 0 spiro atoms. The van der Waals surface area contributed by atoms with Crippen LogP contribution in [0.3, 0.4) is 0 Å². The molecule has 0 amide bonds. The molecule has 4 nitrogen and oxygen atoms in total. The Bertz CT molecular complexity index is 130. The van der Waals surface area contributed by atoms with Gasteiger partial charge in [-0.15, -0.1) is 0 Å². The average molecular weight is 190 g/mol. The van der Waals surface area contributed by atoms with Crippen LogP contribution in [-0.4, -0.2) is 40.5 Å². The van der Waals surface area contributed by atoms with E-state index in [1.54, 1.807) is 21.3 Å². The standard InChI is InChI=1S/C9H18O4/c1-10-9(11-2,12-3)8-4-6-13-7-5-8/h8H,4-7H2,1-3H3. The number of hydrogen-bond donors (Lipinski definition) is 0. The highest BCUT2D eigenvalue weighted by Crippen LogP contribution is 2.31. The van der Waals surface area contributed by atoms with Crippen molar-refractivity contribution in [2.45, 2.75) is 18.8 Å². The van der Waals surface area contributed by atoms with Crippen LogP contribution in [0.2, 0.25) is 0 Å². The molecule has 1 rings (SSSR count). The summed E-state index contributed by atoms with van der Waals surface area (Å²) in [6, 6.07) is 0. The molecule has 0 aromatic rings. The summed E-state index contributed by atoms with van der Waals surface area (Å²) in [5, 5.41) is 0. The lowest BCUT2D eigenvalue weighted by atomic mass is 9.97. The Kier molecular flexibility index (Phi) is 4.12. The van der Waals surface area contributed by atoms with Crippen LogP contribution in [0.25, 0.3) is 0 Å². The Morgan fingerprint density at radius 1 is 1.00 bits per heavy atom. The fourth-order valence-electron chi connectivity index (χ4n) is 1.80. The Balaban J connectivity index is 2.60. The van der Waals surface area contributed by atoms with Crippen molar-refractivity contribution in [1.29, 1.82) is 0 Å². The largest absolute Gasteiger partial charge is 0.381 e. The minimum absolute atomic E-state index is 0.251. The van der Waals surface area contributed by atoms with E-state index in [-0.39, 0.29) is 5.92 Å². The van der Waals surface area contributed by atoms with Gasteiger partial charge in [0.2, 0.25) is 0 Å². The summed E-state index contributed by atoms with van der Waals surface area (Å²) in [6.45, 7) is 1.50. The van der Waals surface area contributed by atoms with Crippen LogP contribution in [0.15, 0.2) is 0 Å². The molecule has 1 saturated heterocycles. The number of rotatable bonds is 4. The SMILES string of the molecule is COC(OC)(OC)C1CCOCC1. The molecular formula is C9H18O4. The molecule has 0 aliphatic carbocycles. The van der Waals surface area contributed by atoms with Crippen molar-refractivity contribution >= 4 is 0 Å². The van der Waals surface area contributed by atoms with Crippen molar-refractivity contribution in [3.05, 3.63) is 0 Å². The Hall–Kier alpha value is -0.160. The number of methoxy groups -OCH3 is 3. The van der Waals surface area contributed by atoms with Crippen molar-refractivity contribution in [3.63, 3.8) is 0 Å². The summed E-state index contributed by atoms with van der Waals surface area (Å²) in [7, 11) is 4.80. The summed E-state index contributed by atoms with van der Waals surface area (Å²) in [6.07, 6.45) is 1.82. The first-order valence-electron chi connectivity index (χ1n) is 4.52. The maximum absolute atomic E-state index is 5.28. The van der Waals surface area contributed by atoms with E-state index in [2.05, 4.69) is 0 Å². The molecule has 78 valence electrons. The van der Waals surface area contributed by atoms with E-state index >= 15 is 0 Å². The van der Waals surface area contributed by atoms with E-state index in [9.17, 15) is 0 Å². The lowest BCUT2D eigenvalue weighted by Crippen LogP contribution is -2.46. The minimum Gasteiger partial charge on any atom is -0.381 e. The second-order valence-corrected chi connectivity index (χ2v) is 3.10. The van der Waals surface area contributed by atoms with E-state index < -0.39 is 5.97 Å². The van der Waals surface area contributed by atoms with E-state index in [1.165, 1.54) is 0 Å². The second kappa shape index (κ2) is 4.91. The molecule has 4 heteroatoms. The molecule has 0 atom stereocenters. The highest BCUT2D eigenvalue weighted by Gasteiger charge is 2.40. The quantitative estimate of drug-likeness (QED) is 0.620. The predicted molar refractivity (Wildman–Crippen MR) is 47.3 cm³/mol. The summed E-state index contributed by atoms with van der Waals surface area (Å²) in [4.78, 5) is 0. The van der Waals surface area contributed by atoms with Crippen LogP contribution in [0.5, 0.6) is 0 Å². The van der Waals surface area contributed by atoms with E-state index in [4.69, 9.17) is 18.9 Å². The van der Waals surface area contributed by atoms with Gasteiger partial charge in [-0.25, -0.2) is 0 Å². The maximum atomic E-state index is 5.28. The van der Waals surface area contributed by atoms with E-state index in [0.717, 1.165) is 26.1 Å². The maximum Gasteiger partial charge on any atom is 0.285 e. The highest BCUT2D eigenvalue weighted by atomic mass is 16.9. The third-order valence-electron chi connectivity index (χ3n) is 2.57. The van der Waals surface area contributed by atoms with Gasteiger partial charge in [0.25, 0.3) is 5.97 Å². The Morgan fingerprint density at radius 2 is 1.46 bits per heavy atom. The zero-order chi connectivity index (χ0) is 9.73. The molecule has 0 radical (unpaired) electrons. The third-order valence-corrected chi connectivity index (χ3v) is 2.57. The monoisotopic (exact) mass is 190 g/mol. The van der Waals surface area contributed by atoms with Crippen molar-refractivity contribution in [3.8, 4) is 0 Å². The van der Waals surface area contributed by atoms with Crippen LogP contribution in [0.4, 0.5) is 0 Å². The summed E-state index contributed by atoms with van der Waals surface area (Å²) in [5.41, 5.74) is 0. The van der Waals surface area contributed by atoms with Crippen LogP contribution >= 0.6 is 0 Å². The first-order valence-corrected chi connectivity index (χ1v) is 4.52. The molecule has 0 aromatic heterocycles. The molecule has 13 heavy (non-hydrogen) atoms. The zero-order valence-corrected chi connectivity index (χ0v) is 8.54. The summed E-state index contributed by atoms with van der Waals surface area (Å²) < 4.78 is 21.1. The predicted octanol–water partition coefficient (Wildman–Crippen LogP) is 1.01. The lowest BCUT2D eigenvalue weighted by Gasteiger charge is -2.38. The van der Waals surface area contributed by atoms with Crippen LogP contribution in [-0.2, 0) is 18.9 Å². The first-order chi connectivity index (χ1) is 6.29. The third kappa shape index (κ3) is 2.20. The lowest BCUT2D eigenvalue weighted by molar-refractivity contribution is -0.384. The van der Waals surface area contributed by atoms with Gasteiger partial charge in [-0.3, -0.25) is 0 Å². The van der Waals surface area contributed by atoms with Gasteiger partial charge in [0.1, 0.15) is 0 Å². The van der Waals surface area contributed by atoms with Crippen molar-refractivity contribution in [2.24, 2.45) is 5.92 Å². The van der Waals surface area contributed by atoms with Crippen molar-refractivity contribution in [2.75, 3.05) is 34.5 Å². The highest BCUT2D eigenvalue weighted by molar-refractivity contribution is 4.73. The van der Waals surface area contributed by atoms with Crippen molar-refractivity contribution in [1.82, 2.24) is 0 Å². The van der Waals surface area contributed by atoms with Gasteiger partial charge >= 0.3 is 0 Å². The Morgan fingerprint density at radius 3 is 1.85 bits per heavy atom. The van der Waals surface area contributed by atoms with Crippen LogP contribution < -0.4 is 0 Å². The smallest absolute Gasteiger partial charge is 0.285 e. The van der Waals surface area contributed by atoms with Crippen LogP contribution in [0.1, 0.15) is 12.8 Å². The average Bonchev–Trinajstić information content (AvgIpc) is 2.23. The van der Waals surface area contributed by atoms with Gasteiger partial charge in [0.05, 0.1) is 0 Å². The fourth-order valence-corrected chi connectivity index (χ4v) is 1.80.